The van der Waals surface area contributed by atoms with E-state index in [2.05, 4.69) is 6.92 Å². The lowest BCUT2D eigenvalue weighted by Gasteiger charge is -2.58. The first kappa shape index (κ1) is 15.3. The molecule has 0 radical (unpaired) electrons. The normalized spacial score (nSPS) is 51.8. The van der Waals surface area contributed by atoms with Crippen LogP contribution in [0.4, 0.5) is 0 Å². The summed E-state index contributed by atoms with van der Waals surface area (Å²) in [4.78, 5) is 24.1. The summed E-state index contributed by atoms with van der Waals surface area (Å²) >= 11 is 0. The van der Waals surface area contributed by atoms with Crippen molar-refractivity contribution in [3.05, 3.63) is 23.8 Å². The van der Waals surface area contributed by atoms with Gasteiger partial charge in [-0.1, -0.05) is 18.6 Å². The Morgan fingerprint density at radius 2 is 1.91 bits per heavy atom. The Bertz CT molecular complexity index is 648. The molecule has 0 heterocycles. The first-order valence-electron chi connectivity index (χ1n) is 8.62. The van der Waals surface area contributed by atoms with Crippen LogP contribution in [-0.2, 0) is 9.59 Å². The Morgan fingerprint density at radius 3 is 2.65 bits per heavy atom. The molecule has 23 heavy (non-hydrogen) atoms. The number of ketones is 2. The SMILES string of the molecule is C[C@@]12C(=O)CC[C@H]1C1[C@H](O)CC3=CC(=O)C=C[C@]3(C)[C@H]1C[C@H]2O. The predicted octanol–water partition coefficient (Wildman–Crippen LogP) is 1.81. The first-order chi connectivity index (χ1) is 10.8. The van der Waals surface area contributed by atoms with Gasteiger partial charge in [-0.3, -0.25) is 9.59 Å². The lowest BCUT2D eigenvalue weighted by Crippen LogP contribution is -2.59. The number of hydrogen-bond acceptors (Lipinski definition) is 4. The molecule has 4 aliphatic rings. The van der Waals surface area contributed by atoms with Crippen molar-refractivity contribution in [2.45, 2.75) is 51.7 Å². The number of carbonyl (C=O) groups is 2. The molecular weight excluding hydrogens is 292 g/mol. The number of hydrogen-bond donors (Lipinski definition) is 2. The highest BCUT2D eigenvalue weighted by Gasteiger charge is 2.64. The summed E-state index contributed by atoms with van der Waals surface area (Å²) in [5.74, 6) is 0.223. The van der Waals surface area contributed by atoms with Crippen LogP contribution in [0.2, 0.25) is 0 Å². The molecule has 2 N–H and O–H groups in total. The van der Waals surface area contributed by atoms with E-state index in [0.717, 1.165) is 12.0 Å². The number of allylic oxidation sites excluding steroid dienone is 3. The van der Waals surface area contributed by atoms with Gasteiger partial charge in [0.05, 0.1) is 17.6 Å². The molecule has 0 aromatic rings. The van der Waals surface area contributed by atoms with Gasteiger partial charge in [0.25, 0.3) is 0 Å². The van der Waals surface area contributed by atoms with Gasteiger partial charge in [-0.2, -0.15) is 0 Å². The molecule has 0 amide bonds. The minimum absolute atomic E-state index is 0.00912. The second-order valence-corrected chi connectivity index (χ2v) is 8.25. The molecule has 3 fully saturated rings. The molecule has 0 saturated heterocycles. The zero-order chi connectivity index (χ0) is 16.6. The van der Waals surface area contributed by atoms with Crippen LogP contribution in [0.1, 0.15) is 39.5 Å². The van der Waals surface area contributed by atoms with Crippen LogP contribution in [0, 0.1) is 28.6 Å². The summed E-state index contributed by atoms with van der Waals surface area (Å²) in [5.41, 5.74) is -0.0430. The van der Waals surface area contributed by atoms with Crippen LogP contribution in [0.25, 0.3) is 0 Å². The van der Waals surface area contributed by atoms with Gasteiger partial charge in [-0.25, -0.2) is 0 Å². The van der Waals surface area contributed by atoms with Crippen molar-refractivity contribution >= 4 is 11.6 Å². The molecule has 0 bridgehead atoms. The Balaban J connectivity index is 1.80. The topological polar surface area (TPSA) is 74.6 Å². The molecule has 0 aromatic heterocycles. The van der Waals surface area contributed by atoms with Gasteiger partial charge in [0.1, 0.15) is 5.78 Å². The van der Waals surface area contributed by atoms with Crippen molar-refractivity contribution in [3.8, 4) is 0 Å². The molecule has 4 rings (SSSR count). The second kappa shape index (κ2) is 4.64. The van der Waals surface area contributed by atoms with E-state index in [-0.39, 0.29) is 34.7 Å². The molecule has 4 aliphatic carbocycles. The van der Waals surface area contributed by atoms with Crippen LogP contribution < -0.4 is 0 Å². The molecule has 4 nitrogen and oxygen atoms in total. The lowest BCUT2D eigenvalue weighted by molar-refractivity contribution is -0.159. The molecule has 0 aliphatic heterocycles. The van der Waals surface area contributed by atoms with E-state index in [1.165, 1.54) is 0 Å². The summed E-state index contributed by atoms with van der Waals surface area (Å²) < 4.78 is 0. The van der Waals surface area contributed by atoms with E-state index in [4.69, 9.17) is 0 Å². The van der Waals surface area contributed by atoms with Crippen molar-refractivity contribution in [2.24, 2.45) is 28.6 Å². The van der Waals surface area contributed by atoms with Gasteiger partial charge >= 0.3 is 0 Å². The largest absolute Gasteiger partial charge is 0.392 e. The van der Waals surface area contributed by atoms with Crippen LogP contribution in [0.15, 0.2) is 23.8 Å². The van der Waals surface area contributed by atoms with Gasteiger partial charge in [0.15, 0.2) is 5.78 Å². The maximum atomic E-state index is 12.4. The highest BCUT2D eigenvalue weighted by atomic mass is 16.3. The zero-order valence-corrected chi connectivity index (χ0v) is 13.7. The summed E-state index contributed by atoms with van der Waals surface area (Å²) in [5, 5.41) is 21.6. The van der Waals surface area contributed by atoms with Crippen molar-refractivity contribution in [1.82, 2.24) is 0 Å². The predicted molar refractivity (Wildman–Crippen MR) is 84.4 cm³/mol. The maximum Gasteiger partial charge on any atom is 0.178 e. The van der Waals surface area contributed by atoms with E-state index in [1.807, 2.05) is 13.0 Å². The monoisotopic (exact) mass is 316 g/mol. The minimum atomic E-state index is -0.714. The summed E-state index contributed by atoms with van der Waals surface area (Å²) in [7, 11) is 0. The third-order valence-electron chi connectivity index (χ3n) is 7.40. The molecule has 0 spiro atoms. The van der Waals surface area contributed by atoms with Gasteiger partial charge in [0.2, 0.25) is 0 Å². The first-order valence-corrected chi connectivity index (χ1v) is 8.62. The Kier molecular flexibility index (Phi) is 3.08. The number of aliphatic hydroxyl groups is 2. The molecule has 0 aromatic carbocycles. The number of fused-ring (bicyclic) bond motifs is 5. The molecule has 7 atom stereocenters. The van der Waals surface area contributed by atoms with Crippen molar-refractivity contribution in [3.63, 3.8) is 0 Å². The Labute approximate surface area is 136 Å². The third-order valence-corrected chi connectivity index (χ3v) is 7.40. The maximum absolute atomic E-state index is 12.4. The Hall–Kier alpha value is -1.26. The van der Waals surface area contributed by atoms with E-state index in [0.29, 0.717) is 19.3 Å². The lowest BCUT2D eigenvalue weighted by atomic mass is 9.47. The zero-order valence-electron chi connectivity index (χ0n) is 13.7. The van der Waals surface area contributed by atoms with E-state index in [1.54, 1.807) is 12.2 Å². The summed E-state index contributed by atoms with van der Waals surface area (Å²) in [6.07, 6.45) is 6.26. The van der Waals surface area contributed by atoms with E-state index >= 15 is 0 Å². The molecule has 4 heteroatoms. The smallest absolute Gasteiger partial charge is 0.178 e. The quantitative estimate of drug-likeness (QED) is 0.715. The van der Waals surface area contributed by atoms with Crippen molar-refractivity contribution < 1.29 is 19.8 Å². The van der Waals surface area contributed by atoms with Gasteiger partial charge in [-0.15, -0.1) is 0 Å². The highest BCUT2D eigenvalue weighted by molar-refractivity contribution is 6.01. The average molecular weight is 316 g/mol. The summed E-state index contributed by atoms with van der Waals surface area (Å²) in [6.45, 7) is 3.99. The Morgan fingerprint density at radius 1 is 1.17 bits per heavy atom. The third kappa shape index (κ3) is 1.79. The van der Waals surface area contributed by atoms with E-state index < -0.39 is 17.6 Å². The van der Waals surface area contributed by atoms with Gasteiger partial charge in [-0.05, 0) is 56.1 Å². The highest BCUT2D eigenvalue weighted by Crippen LogP contribution is 2.63. The number of carbonyl (C=O) groups excluding carboxylic acids is 2. The van der Waals surface area contributed by atoms with E-state index in [9.17, 15) is 19.8 Å². The molecule has 1 unspecified atom stereocenters. The molecular formula is C19H24O4. The standard InChI is InChI=1S/C19H24O4/c1-18-6-5-11(20)7-10(18)8-14(21)17-12-3-4-15(22)19(12,2)16(23)9-13(17)18/h5-7,12-14,16-17,21,23H,3-4,8-9H2,1-2H3/t12-,13-,14+,16+,17?,18-,19-/m0/s1. The number of aliphatic hydroxyl groups excluding tert-OH is 2. The van der Waals surface area contributed by atoms with Crippen molar-refractivity contribution in [1.29, 1.82) is 0 Å². The minimum Gasteiger partial charge on any atom is -0.392 e. The van der Waals surface area contributed by atoms with Gasteiger partial charge in [0, 0.05) is 11.8 Å². The fraction of sp³-hybridized carbons (Fsp3) is 0.684. The number of Topliss-reactive ketones (excluding diaryl/α,β-unsaturated/α-hetero) is 1. The van der Waals surface area contributed by atoms with Gasteiger partial charge < -0.3 is 10.2 Å². The van der Waals surface area contributed by atoms with Crippen LogP contribution in [0.5, 0.6) is 0 Å². The fourth-order valence-corrected chi connectivity index (χ4v) is 5.93. The molecule has 124 valence electrons. The van der Waals surface area contributed by atoms with Crippen molar-refractivity contribution in [2.75, 3.05) is 0 Å². The number of rotatable bonds is 0. The van der Waals surface area contributed by atoms with Crippen LogP contribution >= 0.6 is 0 Å². The van der Waals surface area contributed by atoms with Crippen LogP contribution in [-0.4, -0.2) is 34.0 Å². The summed E-state index contributed by atoms with van der Waals surface area (Å²) in [6, 6.07) is 0. The molecule has 3 saturated carbocycles. The average Bonchev–Trinajstić information content (AvgIpc) is 2.80. The fourth-order valence-electron chi connectivity index (χ4n) is 5.93. The second-order valence-electron chi connectivity index (χ2n) is 8.25. The van der Waals surface area contributed by atoms with Crippen LogP contribution in [0.3, 0.4) is 0 Å².